The van der Waals surface area contributed by atoms with Crippen LogP contribution in [0.4, 0.5) is 0 Å². The van der Waals surface area contributed by atoms with Gasteiger partial charge in [-0.2, -0.15) is 11.8 Å². The third-order valence-electron chi connectivity index (χ3n) is 5.54. The van der Waals surface area contributed by atoms with Gasteiger partial charge in [0, 0.05) is 18.4 Å². The van der Waals surface area contributed by atoms with E-state index in [-0.39, 0.29) is 5.60 Å². The van der Waals surface area contributed by atoms with Crippen LogP contribution in [0.2, 0.25) is 0 Å². The molecule has 3 nitrogen and oxygen atoms in total. The summed E-state index contributed by atoms with van der Waals surface area (Å²) < 4.78 is 6.15. The van der Waals surface area contributed by atoms with Crippen LogP contribution in [0.5, 0.6) is 0 Å². The largest absolute Gasteiger partial charge is 0.374 e. The summed E-state index contributed by atoms with van der Waals surface area (Å²) in [5.41, 5.74) is 3.37. The van der Waals surface area contributed by atoms with Crippen molar-refractivity contribution in [2.24, 2.45) is 23.6 Å². The molecule has 2 saturated heterocycles. The van der Waals surface area contributed by atoms with Crippen molar-refractivity contribution in [3.8, 4) is 0 Å². The van der Waals surface area contributed by atoms with Gasteiger partial charge in [0.2, 0.25) is 0 Å². The van der Waals surface area contributed by atoms with E-state index in [1.165, 1.54) is 50.0 Å². The first-order valence-electron chi connectivity index (χ1n) is 7.90. The Morgan fingerprint density at radius 1 is 1.32 bits per heavy atom. The summed E-state index contributed by atoms with van der Waals surface area (Å²) in [5, 5.41) is 0. The molecule has 0 bridgehead atoms. The molecule has 0 aromatic carbocycles. The fourth-order valence-electron chi connectivity index (χ4n) is 4.47. The molecule has 3 aliphatic rings. The van der Waals surface area contributed by atoms with Gasteiger partial charge >= 0.3 is 0 Å². The summed E-state index contributed by atoms with van der Waals surface area (Å²) in [6, 6.07) is 0.510. The maximum absolute atomic E-state index is 6.15. The van der Waals surface area contributed by atoms with Gasteiger partial charge in [-0.05, 0) is 55.6 Å². The van der Waals surface area contributed by atoms with E-state index >= 15 is 0 Å². The van der Waals surface area contributed by atoms with Gasteiger partial charge < -0.3 is 4.74 Å². The molecule has 3 N–H and O–H groups in total. The minimum Gasteiger partial charge on any atom is -0.374 e. The van der Waals surface area contributed by atoms with Gasteiger partial charge in [-0.3, -0.25) is 11.3 Å². The van der Waals surface area contributed by atoms with Crippen LogP contribution in [0.15, 0.2) is 0 Å². The summed E-state index contributed by atoms with van der Waals surface area (Å²) in [6.07, 6.45) is 7.74. The van der Waals surface area contributed by atoms with Crippen molar-refractivity contribution in [3.63, 3.8) is 0 Å². The predicted octanol–water partition coefficient (Wildman–Crippen LogP) is 2.56. The van der Waals surface area contributed by atoms with Crippen LogP contribution >= 0.6 is 11.8 Å². The van der Waals surface area contributed by atoms with Crippen LogP contribution < -0.4 is 11.3 Å². The Hall–Kier alpha value is 0.230. The Bertz CT molecular complexity index is 307. The zero-order valence-corrected chi connectivity index (χ0v) is 12.9. The van der Waals surface area contributed by atoms with Crippen LogP contribution in [0, 0.1) is 17.8 Å². The van der Waals surface area contributed by atoms with E-state index in [2.05, 4.69) is 24.1 Å². The number of ether oxygens (including phenoxy) is 1. The highest BCUT2D eigenvalue weighted by Gasteiger charge is 2.44. The minimum absolute atomic E-state index is 0.187. The Balaban J connectivity index is 1.65. The van der Waals surface area contributed by atoms with Gasteiger partial charge in [-0.15, -0.1) is 0 Å². The maximum Gasteiger partial charge on any atom is 0.0783 e. The monoisotopic (exact) mass is 284 g/mol. The number of hydrogen-bond acceptors (Lipinski definition) is 4. The summed E-state index contributed by atoms with van der Waals surface area (Å²) in [7, 11) is 0. The maximum atomic E-state index is 6.15. The van der Waals surface area contributed by atoms with E-state index in [1.54, 1.807) is 0 Å². The van der Waals surface area contributed by atoms with Gasteiger partial charge in [0.1, 0.15) is 0 Å². The molecule has 5 unspecified atom stereocenters. The molecular weight excluding hydrogens is 256 g/mol. The summed E-state index contributed by atoms with van der Waals surface area (Å²) in [6.45, 7) is 3.32. The molecule has 1 aliphatic carbocycles. The highest BCUT2D eigenvalue weighted by Crippen LogP contribution is 2.44. The summed E-state index contributed by atoms with van der Waals surface area (Å²) in [5.74, 6) is 10.8. The van der Waals surface area contributed by atoms with E-state index < -0.39 is 0 Å². The first-order chi connectivity index (χ1) is 9.22. The van der Waals surface area contributed by atoms with Crippen LogP contribution in [0.3, 0.4) is 0 Å². The van der Waals surface area contributed by atoms with Crippen molar-refractivity contribution in [1.82, 2.24) is 5.43 Å². The van der Waals surface area contributed by atoms with E-state index in [4.69, 9.17) is 10.6 Å². The average Bonchev–Trinajstić information content (AvgIpc) is 3.01. The number of rotatable bonds is 3. The Morgan fingerprint density at radius 2 is 2.21 bits per heavy atom. The third-order valence-corrected chi connectivity index (χ3v) is 6.76. The second kappa shape index (κ2) is 5.92. The zero-order valence-electron chi connectivity index (χ0n) is 12.1. The van der Waals surface area contributed by atoms with Gasteiger partial charge in [-0.25, -0.2) is 0 Å². The van der Waals surface area contributed by atoms with Crippen molar-refractivity contribution >= 4 is 11.8 Å². The lowest BCUT2D eigenvalue weighted by molar-refractivity contribution is -0.0883. The molecule has 2 heterocycles. The molecule has 0 radical (unpaired) electrons. The fourth-order valence-corrected chi connectivity index (χ4v) is 5.85. The molecule has 3 rings (SSSR count). The van der Waals surface area contributed by atoms with E-state index in [1.807, 2.05) is 0 Å². The summed E-state index contributed by atoms with van der Waals surface area (Å²) in [4.78, 5) is 0. The lowest BCUT2D eigenvalue weighted by Gasteiger charge is -2.42. The number of nitrogens with one attached hydrogen (secondary N) is 1. The molecule has 2 aliphatic heterocycles. The second-order valence-corrected chi connectivity index (χ2v) is 8.06. The first-order valence-corrected chi connectivity index (χ1v) is 9.06. The van der Waals surface area contributed by atoms with Crippen molar-refractivity contribution in [2.75, 3.05) is 18.1 Å². The molecule has 1 spiro atoms. The quantitative estimate of drug-likeness (QED) is 0.618. The van der Waals surface area contributed by atoms with Crippen LogP contribution in [0.25, 0.3) is 0 Å². The Morgan fingerprint density at radius 3 is 2.84 bits per heavy atom. The molecule has 5 atom stereocenters. The van der Waals surface area contributed by atoms with Crippen LogP contribution in [0.1, 0.15) is 45.4 Å². The number of hydrazine groups is 1. The number of hydrogen-bond donors (Lipinski definition) is 2. The topological polar surface area (TPSA) is 47.3 Å². The van der Waals surface area contributed by atoms with Crippen molar-refractivity contribution in [3.05, 3.63) is 0 Å². The van der Waals surface area contributed by atoms with Crippen LogP contribution in [-0.4, -0.2) is 29.8 Å². The lowest BCUT2D eigenvalue weighted by atomic mass is 9.76. The predicted molar refractivity (Wildman–Crippen MR) is 81.0 cm³/mol. The molecule has 0 aromatic rings. The molecular formula is C15H28N2OS. The normalized spacial score (nSPS) is 44.8. The molecule has 3 fully saturated rings. The highest BCUT2D eigenvalue weighted by molar-refractivity contribution is 7.99. The van der Waals surface area contributed by atoms with Gasteiger partial charge in [0.15, 0.2) is 0 Å². The van der Waals surface area contributed by atoms with E-state index in [0.717, 1.165) is 18.4 Å². The van der Waals surface area contributed by atoms with Crippen molar-refractivity contribution < 1.29 is 4.74 Å². The van der Waals surface area contributed by atoms with Gasteiger partial charge in [-0.1, -0.05) is 13.3 Å². The molecule has 1 saturated carbocycles. The van der Waals surface area contributed by atoms with Crippen molar-refractivity contribution in [2.45, 2.75) is 57.1 Å². The summed E-state index contributed by atoms with van der Waals surface area (Å²) >= 11 is 2.06. The second-order valence-electron chi connectivity index (χ2n) is 6.96. The SMILES string of the molecule is CC1CCC(C(NN)C2CCOC3(CCSC3)C2)C1. The van der Waals surface area contributed by atoms with Crippen molar-refractivity contribution in [1.29, 1.82) is 0 Å². The van der Waals surface area contributed by atoms with Crippen LogP contribution in [-0.2, 0) is 4.74 Å². The zero-order chi connectivity index (χ0) is 13.3. The Labute approximate surface area is 121 Å². The van der Waals surface area contributed by atoms with E-state index in [9.17, 15) is 0 Å². The highest BCUT2D eigenvalue weighted by atomic mass is 32.2. The Kier molecular flexibility index (Phi) is 4.42. The first kappa shape index (κ1) is 14.2. The smallest absolute Gasteiger partial charge is 0.0783 e. The van der Waals surface area contributed by atoms with Gasteiger partial charge in [0.25, 0.3) is 0 Å². The number of thioether (sulfide) groups is 1. The third kappa shape index (κ3) is 2.97. The molecule has 19 heavy (non-hydrogen) atoms. The standard InChI is InChI=1S/C15H28N2OS/c1-11-2-3-12(8-11)14(17-16)13-4-6-18-15(9-13)5-7-19-10-15/h11-14,17H,2-10,16H2,1H3. The fraction of sp³-hybridized carbons (Fsp3) is 1.00. The average molecular weight is 284 g/mol. The minimum atomic E-state index is 0.187. The molecule has 0 aromatic heterocycles. The molecule has 110 valence electrons. The molecule has 0 amide bonds. The molecule has 4 heteroatoms. The van der Waals surface area contributed by atoms with E-state index in [0.29, 0.717) is 12.0 Å². The number of nitrogens with two attached hydrogens (primary N) is 1. The lowest BCUT2D eigenvalue weighted by Crippen LogP contribution is -2.51. The van der Waals surface area contributed by atoms with Gasteiger partial charge in [0.05, 0.1) is 5.60 Å².